The van der Waals surface area contributed by atoms with Gasteiger partial charge in [-0.25, -0.2) is 4.98 Å². The van der Waals surface area contributed by atoms with E-state index in [2.05, 4.69) is 4.98 Å². The van der Waals surface area contributed by atoms with Crippen LogP contribution in [0.15, 0.2) is 48.8 Å². The Labute approximate surface area is 114 Å². The largest absolute Gasteiger partial charge is 0.490 e. The molecule has 0 aliphatic rings. The molecule has 2 aromatic carbocycles. The molecule has 0 atom stereocenters. The number of imidazole rings is 1. The summed E-state index contributed by atoms with van der Waals surface area (Å²) < 4.78 is 6.94. The molecule has 1 aromatic heterocycles. The molecule has 0 aliphatic carbocycles. The zero-order valence-electron chi connectivity index (χ0n) is 10.7. The third-order valence-corrected chi connectivity index (χ3v) is 3.09. The van der Waals surface area contributed by atoms with Crippen molar-refractivity contribution in [2.24, 2.45) is 0 Å². The number of nitrogens with zero attached hydrogens (tertiary/aromatic N) is 3. The Kier molecular flexibility index (Phi) is 2.83. The average molecular weight is 269 g/mol. The van der Waals surface area contributed by atoms with E-state index < -0.39 is 4.92 Å². The van der Waals surface area contributed by atoms with Crippen LogP contribution >= 0.6 is 0 Å². The highest BCUT2D eigenvalue weighted by atomic mass is 16.6. The maximum absolute atomic E-state index is 10.9. The van der Waals surface area contributed by atoms with E-state index in [0.717, 1.165) is 16.7 Å². The molecule has 0 amide bonds. The second-order valence-corrected chi connectivity index (χ2v) is 4.22. The molecule has 0 N–H and O–H groups in total. The number of fused-ring (bicyclic) bond motifs is 1. The number of methoxy groups -OCH3 is 1. The van der Waals surface area contributed by atoms with Crippen LogP contribution in [0.1, 0.15) is 0 Å². The van der Waals surface area contributed by atoms with Gasteiger partial charge in [0.2, 0.25) is 0 Å². The van der Waals surface area contributed by atoms with E-state index >= 15 is 0 Å². The zero-order chi connectivity index (χ0) is 14.1. The molecule has 0 aliphatic heterocycles. The van der Waals surface area contributed by atoms with Crippen molar-refractivity contribution in [1.82, 2.24) is 9.55 Å². The molecule has 1 heterocycles. The van der Waals surface area contributed by atoms with Crippen LogP contribution in [0.3, 0.4) is 0 Å². The first kappa shape index (κ1) is 12.2. The van der Waals surface area contributed by atoms with Crippen molar-refractivity contribution in [3.8, 4) is 11.4 Å². The Hall–Kier alpha value is -2.89. The monoisotopic (exact) mass is 269 g/mol. The highest BCUT2D eigenvalue weighted by molar-refractivity contribution is 5.77. The Morgan fingerprint density at radius 3 is 2.80 bits per heavy atom. The summed E-state index contributed by atoms with van der Waals surface area (Å²) in [6, 6.07) is 12.4. The third kappa shape index (κ3) is 1.87. The lowest BCUT2D eigenvalue weighted by Gasteiger charge is -2.07. The molecular formula is C14H11N3O3. The van der Waals surface area contributed by atoms with Gasteiger partial charge in [0, 0.05) is 12.1 Å². The van der Waals surface area contributed by atoms with Gasteiger partial charge in [-0.1, -0.05) is 12.1 Å². The van der Waals surface area contributed by atoms with Crippen LogP contribution in [0.25, 0.3) is 16.7 Å². The molecular weight excluding hydrogens is 258 g/mol. The SMILES string of the molecule is COc1cc(-n2cnc3ccccc32)ccc1[N+](=O)[O-]. The van der Waals surface area contributed by atoms with E-state index in [0.29, 0.717) is 0 Å². The fourth-order valence-corrected chi connectivity index (χ4v) is 2.13. The zero-order valence-corrected chi connectivity index (χ0v) is 10.7. The molecule has 3 aromatic rings. The Bertz CT molecular complexity index is 795. The molecule has 0 saturated heterocycles. The van der Waals surface area contributed by atoms with Gasteiger partial charge in [0.05, 0.1) is 28.8 Å². The summed E-state index contributed by atoms with van der Waals surface area (Å²) in [7, 11) is 1.41. The van der Waals surface area contributed by atoms with Crippen molar-refractivity contribution in [3.63, 3.8) is 0 Å². The van der Waals surface area contributed by atoms with E-state index in [9.17, 15) is 10.1 Å². The van der Waals surface area contributed by atoms with Crippen LogP contribution < -0.4 is 4.74 Å². The number of rotatable bonds is 3. The van der Waals surface area contributed by atoms with Gasteiger partial charge in [-0.05, 0) is 18.2 Å². The average Bonchev–Trinajstić information content (AvgIpc) is 2.90. The lowest BCUT2D eigenvalue weighted by atomic mass is 10.2. The minimum Gasteiger partial charge on any atom is -0.490 e. The molecule has 6 heteroatoms. The van der Waals surface area contributed by atoms with E-state index in [1.165, 1.54) is 13.2 Å². The van der Waals surface area contributed by atoms with Crippen molar-refractivity contribution < 1.29 is 9.66 Å². The first-order valence-electron chi connectivity index (χ1n) is 5.95. The second-order valence-electron chi connectivity index (χ2n) is 4.22. The van der Waals surface area contributed by atoms with E-state index in [1.807, 2.05) is 28.8 Å². The molecule has 0 radical (unpaired) electrons. The quantitative estimate of drug-likeness (QED) is 0.541. The van der Waals surface area contributed by atoms with Gasteiger partial charge in [0.1, 0.15) is 6.33 Å². The van der Waals surface area contributed by atoms with Gasteiger partial charge in [0.15, 0.2) is 5.75 Å². The number of nitro groups is 1. The molecule has 100 valence electrons. The summed E-state index contributed by atoms with van der Waals surface area (Å²) in [5, 5.41) is 10.9. The molecule has 6 nitrogen and oxygen atoms in total. The van der Waals surface area contributed by atoms with Gasteiger partial charge < -0.3 is 4.74 Å². The molecule has 3 rings (SSSR count). The summed E-state index contributed by atoms with van der Waals surface area (Å²) in [6.45, 7) is 0. The normalized spacial score (nSPS) is 10.7. The minimum absolute atomic E-state index is 0.0549. The van der Waals surface area contributed by atoms with Crippen molar-refractivity contribution in [2.45, 2.75) is 0 Å². The van der Waals surface area contributed by atoms with Crippen LogP contribution in [-0.2, 0) is 0 Å². The van der Waals surface area contributed by atoms with Crippen LogP contribution in [0, 0.1) is 10.1 Å². The van der Waals surface area contributed by atoms with Crippen molar-refractivity contribution in [3.05, 3.63) is 58.9 Å². The maximum atomic E-state index is 10.9. The maximum Gasteiger partial charge on any atom is 0.311 e. The minimum atomic E-state index is -0.464. The Morgan fingerprint density at radius 2 is 2.05 bits per heavy atom. The van der Waals surface area contributed by atoms with Crippen LogP contribution in [0.4, 0.5) is 5.69 Å². The van der Waals surface area contributed by atoms with Gasteiger partial charge in [-0.2, -0.15) is 0 Å². The highest BCUT2D eigenvalue weighted by Crippen LogP contribution is 2.30. The number of nitro benzene ring substituents is 1. The van der Waals surface area contributed by atoms with Crippen LogP contribution in [-0.4, -0.2) is 21.6 Å². The topological polar surface area (TPSA) is 70.2 Å². The molecule has 0 bridgehead atoms. The summed E-state index contributed by atoms with van der Waals surface area (Å²) in [4.78, 5) is 14.7. The molecule has 0 spiro atoms. The first-order valence-corrected chi connectivity index (χ1v) is 5.95. The van der Waals surface area contributed by atoms with Gasteiger partial charge >= 0.3 is 5.69 Å². The summed E-state index contributed by atoms with van der Waals surface area (Å²) in [6.07, 6.45) is 1.69. The Balaban J connectivity index is 2.17. The first-order chi connectivity index (χ1) is 9.70. The Morgan fingerprint density at radius 1 is 1.25 bits per heavy atom. The number of aromatic nitrogens is 2. The predicted octanol–water partition coefficient (Wildman–Crippen LogP) is 2.94. The summed E-state index contributed by atoms with van der Waals surface area (Å²) in [5.41, 5.74) is 2.51. The van der Waals surface area contributed by atoms with Crippen molar-refractivity contribution in [1.29, 1.82) is 0 Å². The van der Waals surface area contributed by atoms with Crippen molar-refractivity contribution >= 4 is 16.7 Å². The smallest absolute Gasteiger partial charge is 0.311 e. The third-order valence-electron chi connectivity index (χ3n) is 3.09. The fraction of sp³-hybridized carbons (Fsp3) is 0.0714. The second kappa shape index (κ2) is 4.65. The van der Waals surface area contributed by atoms with E-state index in [1.54, 1.807) is 18.5 Å². The van der Waals surface area contributed by atoms with E-state index in [4.69, 9.17) is 4.74 Å². The van der Waals surface area contributed by atoms with Gasteiger partial charge in [-0.3, -0.25) is 14.7 Å². The van der Waals surface area contributed by atoms with Gasteiger partial charge in [-0.15, -0.1) is 0 Å². The number of para-hydroxylation sites is 2. The van der Waals surface area contributed by atoms with Gasteiger partial charge in [0.25, 0.3) is 0 Å². The summed E-state index contributed by atoms with van der Waals surface area (Å²) in [5.74, 6) is 0.227. The highest BCUT2D eigenvalue weighted by Gasteiger charge is 2.15. The lowest BCUT2D eigenvalue weighted by Crippen LogP contribution is -1.97. The number of hydrogen-bond acceptors (Lipinski definition) is 4. The summed E-state index contributed by atoms with van der Waals surface area (Å²) >= 11 is 0. The number of hydrogen-bond donors (Lipinski definition) is 0. The molecule has 0 unspecified atom stereocenters. The van der Waals surface area contributed by atoms with E-state index in [-0.39, 0.29) is 11.4 Å². The molecule has 0 saturated carbocycles. The molecule has 0 fully saturated rings. The predicted molar refractivity (Wildman–Crippen MR) is 74.3 cm³/mol. The fourth-order valence-electron chi connectivity index (χ4n) is 2.13. The lowest BCUT2D eigenvalue weighted by molar-refractivity contribution is -0.385. The van der Waals surface area contributed by atoms with Crippen LogP contribution in [0.2, 0.25) is 0 Å². The van der Waals surface area contributed by atoms with Crippen LogP contribution in [0.5, 0.6) is 5.75 Å². The standard InChI is InChI=1S/C14H11N3O3/c1-20-14-8-10(6-7-13(14)17(18)19)16-9-15-11-4-2-3-5-12(11)16/h2-9H,1H3. The number of ether oxygens (including phenoxy) is 1. The molecule has 20 heavy (non-hydrogen) atoms. The van der Waals surface area contributed by atoms with Crippen molar-refractivity contribution in [2.75, 3.05) is 7.11 Å². The number of benzene rings is 2.